The summed E-state index contributed by atoms with van der Waals surface area (Å²) in [7, 11) is 10.6. The van der Waals surface area contributed by atoms with Gasteiger partial charge in [-0.3, -0.25) is 0 Å². The Bertz CT molecular complexity index is 180. The van der Waals surface area contributed by atoms with E-state index in [1.54, 1.807) is 0 Å². The van der Waals surface area contributed by atoms with Crippen molar-refractivity contribution >= 4 is 0 Å². The summed E-state index contributed by atoms with van der Waals surface area (Å²) in [5, 5.41) is 0. The van der Waals surface area contributed by atoms with Crippen molar-refractivity contribution in [2.45, 2.75) is 0 Å². The van der Waals surface area contributed by atoms with Crippen LogP contribution in [-0.4, -0.2) is 76.1 Å². The second kappa shape index (κ2) is 30.6. The van der Waals surface area contributed by atoms with Gasteiger partial charge in [0.25, 0.3) is 0 Å². The van der Waals surface area contributed by atoms with Gasteiger partial charge in [-0.05, 0) is 35.2 Å². The average molecular weight is 309 g/mol. The van der Waals surface area contributed by atoms with Gasteiger partial charge in [0.1, 0.15) is 0 Å². The Labute approximate surface area is 128 Å². The SMILES string of the molecule is CN(C)CCN(C)CCN(C)C.[C-]#[O+].[C-]#[O+].[C-]#[O+].[Cr]. The molecule has 19 heavy (non-hydrogen) atoms. The van der Waals surface area contributed by atoms with Crippen molar-refractivity contribution < 1.29 is 31.3 Å². The van der Waals surface area contributed by atoms with Crippen LogP contribution < -0.4 is 0 Å². The summed E-state index contributed by atoms with van der Waals surface area (Å²) >= 11 is 0. The maximum absolute atomic E-state index is 7.50. The zero-order valence-corrected chi connectivity index (χ0v) is 13.6. The molecule has 0 aromatic carbocycles. The second-order valence-electron chi connectivity index (χ2n) is 3.91. The first-order chi connectivity index (χ1) is 8.52. The Morgan fingerprint density at radius 3 is 0.947 bits per heavy atom. The molecule has 0 N–H and O–H groups in total. The molecule has 7 heteroatoms. The molecule has 0 amide bonds. The Kier molecular flexibility index (Phi) is 50.1. The molecular weight excluding hydrogens is 286 g/mol. The first-order valence-corrected chi connectivity index (χ1v) is 5.11. The topological polar surface area (TPSA) is 69.4 Å². The summed E-state index contributed by atoms with van der Waals surface area (Å²) in [6.07, 6.45) is 0. The molecule has 0 aromatic heterocycles. The van der Waals surface area contributed by atoms with Crippen molar-refractivity contribution in [3.05, 3.63) is 20.0 Å². The Morgan fingerprint density at radius 2 is 0.789 bits per heavy atom. The Hall–Kier alpha value is -0.368. The molecule has 0 saturated heterocycles. The number of hydrogen-bond acceptors (Lipinski definition) is 3. The summed E-state index contributed by atoms with van der Waals surface area (Å²) < 4.78 is 22.5. The van der Waals surface area contributed by atoms with Gasteiger partial charge in [-0.25, -0.2) is 0 Å². The van der Waals surface area contributed by atoms with E-state index in [1.807, 2.05) is 0 Å². The van der Waals surface area contributed by atoms with E-state index in [2.05, 4.69) is 69.9 Å². The first kappa shape index (κ1) is 31.2. The molecule has 0 spiro atoms. The van der Waals surface area contributed by atoms with Gasteiger partial charge in [0.15, 0.2) is 0 Å². The number of hydrogen-bond donors (Lipinski definition) is 0. The van der Waals surface area contributed by atoms with Crippen LogP contribution in [0.2, 0.25) is 0 Å². The third-order valence-electron chi connectivity index (χ3n) is 1.86. The maximum atomic E-state index is 7.50. The molecule has 0 fully saturated rings. The van der Waals surface area contributed by atoms with Gasteiger partial charge in [0, 0.05) is 43.5 Å². The molecule has 0 saturated carbocycles. The smallest absolute Gasteiger partial charge is 0 e. The zero-order chi connectivity index (χ0) is 15.6. The summed E-state index contributed by atoms with van der Waals surface area (Å²) in [4.78, 5) is 6.79. The third-order valence-corrected chi connectivity index (χ3v) is 1.86. The molecule has 0 atom stereocenters. The van der Waals surface area contributed by atoms with Crippen molar-refractivity contribution in [3.8, 4) is 0 Å². The van der Waals surface area contributed by atoms with E-state index in [0.717, 1.165) is 26.2 Å². The molecule has 6 nitrogen and oxygen atoms in total. The molecule has 110 valence electrons. The van der Waals surface area contributed by atoms with Gasteiger partial charge in [-0.2, -0.15) is 0 Å². The summed E-state index contributed by atoms with van der Waals surface area (Å²) in [6.45, 7) is 18.1. The van der Waals surface area contributed by atoms with Crippen LogP contribution in [0.25, 0.3) is 0 Å². The molecule has 0 rings (SSSR count). The minimum Gasteiger partial charge on any atom is 0 e. The Morgan fingerprint density at radius 1 is 0.579 bits per heavy atom. The molecule has 0 aliphatic rings. The van der Waals surface area contributed by atoms with Gasteiger partial charge < -0.3 is 14.7 Å². The zero-order valence-electron chi connectivity index (χ0n) is 12.3. The predicted molar refractivity (Wildman–Crippen MR) is 66.4 cm³/mol. The number of nitrogens with zero attached hydrogens (tertiary/aromatic N) is 3. The molecule has 0 aliphatic heterocycles. The van der Waals surface area contributed by atoms with Crippen LogP contribution in [0.15, 0.2) is 0 Å². The van der Waals surface area contributed by atoms with Gasteiger partial charge in [-0.1, -0.05) is 0 Å². The molecule has 0 aromatic rings. The van der Waals surface area contributed by atoms with Crippen LogP contribution >= 0.6 is 0 Å². The predicted octanol–water partition coefficient (Wildman–Crippen LogP) is -0.0736. The molecule has 0 aliphatic carbocycles. The number of rotatable bonds is 6. The molecule has 0 bridgehead atoms. The minimum atomic E-state index is 0. The van der Waals surface area contributed by atoms with Crippen LogP contribution in [0.3, 0.4) is 0 Å². The summed E-state index contributed by atoms with van der Waals surface area (Å²) in [5.74, 6) is 0. The van der Waals surface area contributed by atoms with Crippen LogP contribution in [-0.2, 0) is 31.3 Å². The molecule has 0 unspecified atom stereocenters. The molecule has 0 radical (unpaired) electrons. The fourth-order valence-corrected chi connectivity index (χ4v) is 0.853. The van der Waals surface area contributed by atoms with E-state index in [1.165, 1.54) is 0 Å². The van der Waals surface area contributed by atoms with Gasteiger partial charge >= 0.3 is 33.9 Å². The Balaban J connectivity index is -0.0000000816. The van der Waals surface area contributed by atoms with E-state index < -0.39 is 0 Å². The van der Waals surface area contributed by atoms with E-state index >= 15 is 0 Å². The molecule has 0 heterocycles. The van der Waals surface area contributed by atoms with Crippen LogP contribution in [0.4, 0.5) is 0 Å². The molecular formula is C12H23CrN3O3. The quantitative estimate of drug-likeness (QED) is 0.509. The van der Waals surface area contributed by atoms with Gasteiger partial charge in [-0.15, -0.1) is 0 Å². The van der Waals surface area contributed by atoms with E-state index in [0.29, 0.717) is 0 Å². The summed E-state index contributed by atoms with van der Waals surface area (Å²) in [5.41, 5.74) is 0. The van der Waals surface area contributed by atoms with Crippen LogP contribution in [0.1, 0.15) is 0 Å². The van der Waals surface area contributed by atoms with E-state index in [-0.39, 0.29) is 17.4 Å². The van der Waals surface area contributed by atoms with Crippen LogP contribution in [0, 0.1) is 20.0 Å². The monoisotopic (exact) mass is 309 g/mol. The maximum Gasteiger partial charge on any atom is 0 e. The fourth-order valence-electron chi connectivity index (χ4n) is 0.853. The third kappa shape index (κ3) is 46.4. The standard InChI is InChI=1S/C9H23N3.3CO.Cr/c1-10(2)6-8-12(5)9-7-11(3)4;3*1-2;/h6-9H2,1-5H3;;;;. The van der Waals surface area contributed by atoms with E-state index in [4.69, 9.17) is 14.0 Å². The summed E-state index contributed by atoms with van der Waals surface area (Å²) in [6, 6.07) is 0. The first-order valence-electron chi connectivity index (χ1n) is 5.11. The van der Waals surface area contributed by atoms with Gasteiger partial charge in [0.2, 0.25) is 0 Å². The second-order valence-corrected chi connectivity index (χ2v) is 3.91. The van der Waals surface area contributed by atoms with E-state index in [9.17, 15) is 0 Å². The number of likely N-dealkylation sites (N-methyl/N-ethyl adjacent to an activating group) is 3. The van der Waals surface area contributed by atoms with Crippen molar-refractivity contribution in [1.29, 1.82) is 0 Å². The van der Waals surface area contributed by atoms with Crippen molar-refractivity contribution in [2.24, 2.45) is 0 Å². The van der Waals surface area contributed by atoms with Gasteiger partial charge in [0.05, 0.1) is 0 Å². The largest absolute Gasteiger partial charge is 0 e. The average Bonchev–Trinajstić information content (AvgIpc) is 2.41. The fraction of sp³-hybridized carbons (Fsp3) is 0.750. The van der Waals surface area contributed by atoms with Crippen molar-refractivity contribution in [2.75, 3.05) is 61.4 Å². The normalized spacial score (nSPS) is 7.89. The van der Waals surface area contributed by atoms with Crippen LogP contribution in [0.5, 0.6) is 0 Å². The minimum absolute atomic E-state index is 0. The van der Waals surface area contributed by atoms with Crippen molar-refractivity contribution in [1.82, 2.24) is 14.7 Å². The van der Waals surface area contributed by atoms with Crippen molar-refractivity contribution in [3.63, 3.8) is 0 Å².